The van der Waals surface area contributed by atoms with Crippen molar-refractivity contribution in [2.24, 2.45) is 46.3 Å². The molecule has 7 nitrogen and oxygen atoms in total. The number of hydrogen-bond acceptors (Lipinski definition) is 5. The van der Waals surface area contributed by atoms with E-state index in [1.807, 2.05) is 36.4 Å². The summed E-state index contributed by atoms with van der Waals surface area (Å²) < 4.78 is 11.5. The van der Waals surface area contributed by atoms with Crippen LogP contribution < -0.4 is 5.32 Å². The van der Waals surface area contributed by atoms with E-state index in [0.717, 1.165) is 71.1 Å². The van der Waals surface area contributed by atoms with Crippen LogP contribution in [-0.2, 0) is 19.1 Å². The average Bonchev–Trinajstić information content (AvgIpc) is 3.65. The van der Waals surface area contributed by atoms with Crippen LogP contribution in [0.25, 0.3) is 11.1 Å². The van der Waals surface area contributed by atoms with Crippen molar-refractivity contribution in [3.63, 3.8) is 0 Å². The van der Waals surface area contributed by atoms with Gasteiger partial charge in [-0.2, -0.15) is 0 Å². The molecule has 3 fully saturated rings. The Labute approximate surface area is 316 Å². The second-order valence-corrected chi connectivity index (χ2v) is 18.2. The van der Waals surface area contributed by atoms with Crippen molar-refractivity contribution in [2.75, 3.05) is 6.61 Å². The van der Waals surface area contributed by atoms with Gasteiger partial charge in [-0.3, -0.25) is 4.79 Å². The number of alkyl carbamates (subject to hydrolysis) is 1. The van der Waals surface area contributed by atoms with Crippen molar-refractivity contribution in [3.05, 3.63) is 71.3 Å². The Balaban J connectivity index is 0.920. The lowest BCUT2D eigenvalue weighted by Crippen LogP contribution is -2.51. The highest BCUT2D eigenvalue weighted by Gasteiger charge is 2.59. The van der Waals surface area contributed by atoms with Gasteiger partial charge in [0.25, 0.3) is 0 Å². The van der Waals surface area contributed by atoms with Gasteiger partial charge < -0.3 is 19.9 Å². The molecule has 0 spiro atoms. The number of nitrogens with one attached hydrogen (secondary N) is 1. The van der Waals surface area contributed by atoms with E-state index in [4.69, 9.17) is 9.47 Å². The molecule has 286 valence electrons. The maximum Gasteiger partial charge on any atom is 0.407 e. The van der Waals surface area contributed by atoms with Crippen LogP contribution in [0.2, 0.25) is 0 Å². The number of carboxylic acid groups (broad SMARTS) is 1. The smallest absolute Gasteiger partial charge is 0.407 e. The molecule has 0 aliphatic heterocycles. The van der Waals surface area contributed by atoms with Crippen molar-refractivity contribution < 1.29 is 29.0 Å². The molecule has 2 aromatic carbocycles. The zero-order valence-corrected chi connectivity index (χ0v) is 32.6. The van der Waals surface area contributed by atoms with E-state index in [1.54, 1.807) is 0 Å². The van der Waals surface area contributed by atoms with Crippen LogP contribution in [0.1, 0.15) is 129 Å². The first-order chi connectivity index (χ1) is 25.4. The monoisotopic (exact) mass is 723 g/mol. The summed E-state index contributed by atoms with van der Waals surface area (Å²) in [6, 6.07) is 14.6. The molecule has 1 amide bonds. The number of aliphatic carboxylic acids is 1. The summed E-state index contributed by atoms with van der Waals surface area (Å²) in [6.45, 7) is 12.4. The zero-order chi connectivity index (χ0) is 37.5. The van der Waals surface area contributed by atoms with Gasteiger partial charge in [0.1, 0.15) is 18.8 Å². The third kappa shape index (κ3) is 7.31. The Morgan fingerprint density at radius 3 is 2.26 bits per heavy atom. The fraction of sp³-hybridized carbons (Fsp3) is 0.630. The number of fused-ring (bicyclic) bond motifs is 8. The minimum absolute atomic E-state index is 0.0621. The van der Waals surface area contributed by atoms with Crippen molar-refractivity contribution in [3.8, 4) is 11.1 Å². The van der Waals surface area contributed by atoms with Crippen LogP contribution in [0.3, 0.4) is 0 Å². The molecule has 3 saturated carbocycles. The van der Waals surface area contributed by atoms with E-state index < -0.39 is 30.5 Å². The highest BCUT2D eigenvalue weighted by atomic mass is 16.6. The van der Waals surface area contributed by atoms with Crippen LogP contribution in [0, 0.1) is 46.3 Å². The van der Waals surface area contributed by atoms with Crippen molar-refractivity contribution in [1.82, 2.24) is 5.32 Å². The Morgan fingerprint density at radius 1 is 0.887 bits per heavy atom. The molecule has 2 N–H and O–H groups in total. The summed E-state index contributed by atoms with van der Waals surface area (Å²) in [5.41, 5.74) is 6.35. The molecular weight excluding hydrogens is 663 g/mol. The molecule has 0 heterocycles. The predicted molar refractivity (Wildman–Crippen MR) is 207 cm³/mol. The molecule has 2 aromatic rings. The van der Waals surface area contributed by atoms with Gasteiger partial charge in [-0.15, -0.1) is 0 Å². The summed E-state index contributed by atoms with van der Waals surface area (Å²) in [5.74, 6) is 2.56. The molecule has 7 heteroatoms. The number of carbonyl (C=O) groups is 3. The van der Waals surface area contributed by atoms with Crippen molar-refractivity contribution in [2.45, 2.75) is 130 Å². The molecule has 5 aliphatic carbocycles. The molecule has 5 aliphatic rings. The van der Waals surface area contributed by atoms with Gasteiger partial charge in [0.15, 0.2) is 0 Å². The number of carbonyl (C=O) groups excluding carboxylic acids is 2. The Bertz CT molecular complexity index is 1670. The maximum absolute atomic E-state index is 13.2. The normalized spacial score (nSPS) is 31.2. The standard InChI is InChI=1S/C46H61NO6/c1-28(2)11-10-12-29(3)38-19-20-39-36-18-17-30-25-31(21-23-45(30,4)40(36)22-24-46(38,39)5)53-42(48)26-41(43(49)50)47-44(51)52-27-37-34-15-8-6-13-32(34)33-14-7-9-16-35(33)37/h6-9,13-17,28-29,31,36-41H,10-12,18-27H2,1-5H3,(H,47,51)(H,49,50)/t29-,31+,36+,38-,39+,40+,41+,45+,46-/m1/s1. The average molecular weight is 724 g/mol. The van der Waals surface area contributed by atoms with E-state index >= 15 is 0 Å². The molecule has 0 bridgehead atoms. The summed E-state index contributed by atoms with van der Waals surface area (Å²) >= 11 is 0. The molecule has 53 heavy (non-hydrogen) atoms. The predicted octanol–water partition coefficient (Wildman–Crippen LogP) is 10.3. The molecule has 0 radical (unpaired) electrons. The largest absolute Gasteiger partial charge is 0.480 e. The van der Waals surface area contributed by atoms with E-state index in [2.05, 4.69) is 58.1 Å². The minimum Gasteiger partial charge on any atom is -0.480 e. The molecular formula is C46H61NO6. The van der Waals surface area contributed by atoms with Crippen LogP contribution in [0.4, 0.5) is 4.79 Å². The van der Waals surface area contributed by atoms with E-state index in [9.17, 15) is 19.5 Å². The number of allylic oxidation sites excluding steroid dienone is 1. The number of ether oxygens (including phenoxy) is 2. The first-order valence-electron chi connectivity index (χ1n) is 20.6. The summed E-state index contributed by atoms with van der Waals surface area (Å²) in [6.07, 6.45) is 13.9. The third-order valence-corrected chi connectivity index (χ3v) is 14.9. The molecule has 0 saturated heterocycles. The molecule has 0 aromatic heterocycles. The van der Waals surface area contributed by atoms with Gasteiger partial charge in [-0.25, -0.2) is 9.59 Å². The topological polar surface area (TPSA) is 102 Å². The van der Waals surface area contributed by atoms with Gasteiger partial charge in [0.05, 0.1) is 6.42 Å². The van der Waals surface area contributed by atoms with Gasteiger partial charge >= 0.3 is 18.0 Å². The van der Waals surface area contributed by atoms with Crippen LogP contribution in [0.5, 0.6) is 0 Å². The van der Waals surface area contributed by atoms with Gasteiger partial charge in [-0.05, 0) is 114 Å². The van der Waals surface area contributed by atoms with Crippen molar-refractivity contribution in [1.29, 1.82) is 0 Å². The maximum atomic E-state index is 13.2. The van der Waals surface area contributed by atoms with Crippen LogP contribution in [0.15, 0.2) is 60.2 Å². The number of esters is 1. The number of rotatable bonds is 12. The number of carboxylic acids is 1. The second kappa shape index (κ2) is 15.3. The van der Waals surface area contributed by atoms with Crippen molar-refractivity contribution >= 4 is 18.0 Å². The summed E-state index contributed by atoms with van der Waals surface area (Å²) in [4.78, 5) is 38.2. The fourth-order valence-corrected chi connectivity index (χ4v) is 12.1. The zero-order valence-electron chi connectivity index (χ0n) is 32.6. The Hall–Kier alpha value is -3.61. The van der Waals surface area contributed by atoms with E-state index in [1.165, 1.54) is 50.5 Å². The second-order valence-electron chi connectivity index (χ2n) is 18.2. The molecule has 9 atom stereocenters. The quantitative estimate of drug-likeness (QED) is 0.167. The molecule has 0 unspecified atom stereocenters. The number of amides is 1. The fourth-order valence-electron chi connectivity index (χ4n) is 12.1. The van der Waals surface area contributed by atoms with Crippen LogP contribution in [-0.4, -0.2) is 41.9 Å². The first kappa shape index (κ1) is 37.7. The third-order valence-electron chi connectivity index (χ3n) is 14.9. The molecule has 7 rings (SSSR count). The van der Waals surface area contributed by atoms with Gasteiger partial charge in [0, 0.05) is 12.3 Å². The Kier molecular flexibility index (Phi) is 10.9. The summed E-state index contributed by atoms with van der Waals surface area (Å²) in [5, 5.41) is 12.3. The highest BCUT2D eigenvalue weighted by molar-refractivity contribution is 5.85. The summed E-state index contributed by atoms with van der Waals surface area (Å²) in [7, 11) is 0. The SMILES string of the molecule is CC(C)CCC[C@@H](C)[C@H]1CC[C@H]2[C@@H]3CC=C4C[C@@H](OC(=O)C[C@H](NC(=O)OCC5c6ccccc6-c6ccccc65)C(=O)O)CC[C@]4(C)[C@H]3CC[C@]12C. The van der Waals surface area contributed by atoms with E-state index in [-0.39, 0.29) is 24.0 Å². The number of benzene rings is 2. The lowest BCUT2D eigenvalue weighted by molar-refractivity contribution is -0.155. The lowest BCUT2D eigenvalue weighted by atomic mass is 9.47. The minimum atomic E-state index is -1.44. The first-order valence-corrected chi connectivity index (χ1v) is 20.6. The van der Waals surface area contributed by atoms with Gasteiger partial charge in [-0.1, -0.05) is 114 Å². The van der Waals surface area contributed by atoms with E-state index in [0.29, 0.717) is 17.8 Å². The Morgan fingerprint density at radius 2 is 1.58 bits per heavy atom. The lowest BCUT2D eigenvalue weighted by Gasteiger charge is -2.58. The highest BCUT2D eigenvalue weighted by Crippen LogP contribution is 2.67. The van der Waals surface area contributed by atoms with Crippen LogP contribution >= 0.6 is 0 Å². The number of hydrogen-bond donors (Lipinski definition) is 2. The van der Waals surface area contributed by atoms with Gasteiger partial charge in [0.2, 0.25) is 0 Å².